The summed E-state index contributed by atoms with van der Waals surface area (Å²) in [6, 6.07) is 2.30. The fourth-order valence-electron chi connectivity index (χ4n) is 0.712. The predicted octanol–water partition coefficient (Wildman–Crippen LogP) is 2.78. The SMILES string of the molecule is O=C(O)c1cc(Cl)cc(F)c1I. The van der Waals surface area contributed by atoms with Gasteiger partial charge in [-0.25, -0.2) is 9.18 Å². The molecule has 0 amide bonds. The first-order valence-corrected chi connectivity index (χ1v) is 4.36. The van der Waals surface area contributed by atoms with Gasteiger partial charge in [-0.1, -0.05) is 11.6 Å². The topological polar surface area (TPSA) is 37.3 Å². The van der Waals surface area contributed by atoms with Gasteiger partial charge in [-0.05, 0) is 34.7 Å². The van der Waals surface area contributed by atoms with Crippen LogP contribution in [0, 0.1) is 9.39 Å². The molecule has 5 heteroatoms. The minimum Gasteiger partial charge on any atom is -0.478 e. The van der Waals surface area contributed by atoms with Crippen molar-refractivity contribution in [3.63, 3.8) is 0 Å². The van der Waals surface area contributed by atoms with Gasteiger partial charge in [0.15, 0.2) is 0 Å². The van der Waals surface area contributed by atoms with Gasteiger partial charge in [0.25, 0.3) is 0 Å². The minimum absolute atomic E-state index is 0.0736. The molecule has 0 aliphatic heterocycles. The molecule has 0 atom stereocenters. The van der Waals surface area contributed by atoms with E-state index in [0.717, 1.165) is 6.07 Å². The normalized spacial score (nSPS) is 9.92. The van der Waals surface area contributed by atoms with E-state index < -0.39 is 11.8 Å². The molecular formula is C7H3ClFIO2. The summed E-state index contributed by atoms with van der Waals surface area (Å²) in [6.07, 6.45) is 0. The third-order valence-electron chi connectivity index (χ3n) is 1.22. The number of aromatic carboxylic acids is 1. The Kier molecular flexibility index (Phi) is 2.89. The zero-order valence-electron chi connectivity index (χ0n) is 5.64. The van der Waals surface area contributed by atoms with E-state index in [1.807, 2.05) is 0 Å². The third kappa shape index (κ3) is 1.87. The average molecular weight is 300 g/mol. The number of benzene rings is 1. The Balaban J connectivity index is 3.37. The number of halogens is 3. The van der Waals surface area contributed by atoms with Crippen LogP contribution >= 0.6 is 34.2 Å². The Bertz CT molecular complexity index is 340. The summed E-state index contributed by atoms with van der Waals surface area (Å²) in [7, 11) is 0. The molecule has 12 heavy (non-hydrogen) atoms. The van der Waals surface area contributed by atoms with Crippen LogP contribution in [0.1, 0.15) is 10.4 Å². The van der Waals surface area contributed by atoms with Crippen LogP contribution in [0.25, 0.3) is 0 Å². The molecule has 64 valence electrons. The monoisotopic (exact) mass is 300 g/mol. The molecule has 0 spiro atoms. The zero-order chi connectivity index (χ0) is 9.30. The van der Waals surface area contributed by atoms with E-state index in [2.05, 4.69) is 0 Å². The van der Waals surface area contributed by atoms with Crippen molar-refractivity contribution in [1.82, 2.24) is 0 Å². The lowest BCUT2D eigenvalue weighted by Crippen LogP contribution is -2.01. The number of hydrogen-bond acceptors (Lipinski definition) is 1. The van der Waals surface area contributed by atoms with Crippen molar-refractivity contribution >= 4 is 40.2 Å². The van der Waals surface area contributed by atoms with Gasteiger partial charge in [0.05, 0.1) is 9.13 Å². The van der Waals surface area contributed by atoms with Gasteiger partial charge in [0, 0.05) is 5.02 Å². The highest BCUT2D eigenvalue weighted by atomic mass is 127. The summed E-state index contributed by atoms with van der Waals surface area (Å²) >= 11 is 7.08. The van der Waals surface area contributed by atoms with Gasteiger partial charge in [0.1, 0.15) is 5.82 Å². The van der Waals surface area contributed by atoms with Crippen LogP contribution in [0.3, 0.4) is 0 Å². The first-order valence-electron chi connectivity index (χ1n) is 2.90. The number of carbonyl (C=O) groups is 1. The molecule has 1 N–H and O–H groups in total. The fraction of sp³-hybridized carbons (Fsp3) is 0. The lowest BCUT2D eigenvalue weighted by atomic mass is 10.2. The summed E-state index contributed by atoms with van der Waals surface area (Å²) in [6.45, 7) is 0. The van der Waals surface area contributed by atoms with Crippen molar-refractivity contribution < 1.29 is 14.3 Å². The number of rotatable bonds is 1. The second kappa shape index (κ2) is 3.57. The molecule has 0 unspecified atom stereocenters. The van der Waals surface area contributed by atoms with Crippen LogP contribution in [-0.2, 0) is 0 Å². The van der Waals surface area contributed by atoms with Crippen LogP contribution in [0.5, 0.6) is 0 Å². The summed E-state index contributed by atoms with van der Waals surface area (Å²) in [4.78, 5) is 10.5. The molecule has 2 nitrogen and oxygen atoms in total. The van der Waals surface area contributed by atoms with E-state index in [0.29, 0.717) is 0 Å². The Morgan fingerprint density at radius 1 is 1.58 bits per heavy atom. The highest BCUT2D eigenvalue weighted by Crippen LogP contribution is 2.21. The Labute approximate surface area is 86.5 Å². The summed E-state index contributed by atoms with van der Waals surface area (Å²) in [5, 5.41) is 8.67. The van der Waals surface area contributed by atoms with E-state index in [9.17, 15) is 9.18 Å². The van der Waals surface area contributed by atoms with Gasteiger partial charge in [-0.3, -0.25) is 0 Å². The Morgan fingerprint density at radius 3 is 2.67 bits per heavy atom. The summed E-state index contributed by atoms with van der Waals surface area (Å²) < 4.78 is 12.9. The van der Waals surface area contributed by atoms with Crippen molar-refractivity contribution in [3.05, 3.63) is 32.1 Å². The van der Waals surface area contributed by atoms with Gasteiger partial charge >= 0.3 is 5.97 Å². The lowest BCUT2D eigenvalue weighted by molar-refractivity contribution is 0.0695. The molecule has 1 rings (SSSR count). The maximum absolute atomic E-state index is 12.8. The first-order chi connectivity index (χ1) is 5.52. The summed E-state index contributed by atoms with van der Waals surface area (Å²) in [5.74, 6) is -1.79. The number of carboxylic acids is 1. The second-order valence-electron chi connectivity index (χ2n) is 2.05. The van der Waals surface area contributed by atoms with E-state index in [-0.39, 0.29) is 14.2 Å². The van der Waals surface area contributed by atoms with E-state index in [1.54, 1.807) is 22.6 Å². The van der Waals surface area contributed by atoms with Gasteiger partial charge < -0.3 is 5.11 Å². The molecule has 1 aromatic carbocycles. The van der Waals surface area contributed by atoms with E-state index in [4.69, 9.17) is 16.7 Å². The maximum atomic E-state index is 12.8. The van der Waals surface area contributed by atoms with Crippen LogP contribution in [0.2, 0.25) is 5.02 Å². The van der Waals surface area contributed by atoms with Crippen LogP contribution < -0.4 is 0 Å². The van der Waals surface area contributed by atoms with Crippen molar-refractivity contribution in [2.75, 3.05) is 0 Å². The smallest absolute Gasteiger partial charge is 0.336 e. The molecular weight excluding hydrogens is 297 g/mol. The van der Waals surface area contributed by atoms with Crippen LogP contribution in [0.4, 0.5) is 4.39 Å². The zero-order valence-corrected chi connectivity index (χ0v) is 8.56. The van der Waals surface area contributed by atoms with Crippen molar-refractivity contribution in [2.24, 2.45) is 0 Å². The fourth-order valence-corrected chi connectivity index (χ4v) is 1.46. The van der Waals surface area contributed by atoms with Crippen molar-refractivity contribution in [3.8, 4) is 0 Å². The minimum atomic E-state index is -1.18. The van der Waals surface area contributed by atoms with E-state index >= 15 is 0 Å². The molecule has 0 saturated carbocycles. The summed E-state index contributed by atoms with van der Waals surface area (Å²) in [5.41, 5.74) is -0.111. The van der Waals surface area contributed by atoms with Gasteiger partial charge in [-0.15, -0.1) is 0 Å². The molecule has 0 aromatic heterocycles. The highest BCUT2D eigenvalue weighted by Gasteiger charge is 2.13. The standard InChI is InChI=1S/C7H3ClFIO2/c8-3-1-4(7(11)12)6(10)5(9)2-3/h1-2H,(H,11,12). The molecule has 0 aliphatic carbocycles. The third-order valence-corrected chi connectivity index (χ3v) is 2.54. The van der Waals surface area contributed by atoms with Gasteiger partial charge in [-0.2, -0.15) is 0 Å². The van der Waals surface area contributed by atoms with Crippen LogP contribution in [0.15, 0.2) is 12.1 Å². The van der Waals surface area contributed by atoms with Crippen molar-refractivity contribution in [1.29, 1.82) is 0 Å². The quantitative estimate of drug-likeness (QED) is 0.639. The Hall–Kier alpha value is -0.360. The average Bonchev–Trinajstić information content (AvgIpc) is 1.96. The lowest BCUT2D eigenvalue weighted by Gasteiger charge is -2.00. The predicted molar refractivity (Wildman–Crippen MR) is 51.1 cm³/mol. The maximum Gasteiger partial charge on any atom is 0.336 e. The molecule has 0 fully saturated rings. The molecule has 0 bridgehead atoms. The van der Waals surface area contributed by atoms with Gasteiger partial charge in [0.2, 0.25) is 0 Å². The first kappa shape index (κ1) is 9.73. The molecule has 0 radical (unpaired) electrons. The molecule has 1 aromatic rings. The number of carboxylic acid groups (broad SMARTS) is 1. The Morgan fingerprint density at radius 2 is 2.17 bits per heavy atom. The highest BCUT2D eigenvalue weighted by molar-refractivity contribution is 14.1. The van der Waals surface area contributed by atoms with E-state index in [1.165, 1.54) is 6.07 Å². The largest absolute Gasteiger partial charge is 0.478 e. The molecule has 0 heterocycles. The second-order valence-corrected chi connectivity index (χ2v) is 3.57. The van der Waals surface area contributed by atoms with Crippen LogP contribution in [-0.4, -0.2) is 11.1 Å². The van der Waals surface area contributed by atoms with Crippen molar-refractivity contribution in [2.45, 2.75) is 0 Å². The molecule has 0 saturated heterocycles. The number of hydrogen-bond donors (Lipinski definition) is 1. The molecule has 0 aliphatic rings.